The summed E-state index contributed by atoms with van der Waals surface area (Å²) in [6, 6.07) is 12.0. The molecule has 2 saturated heterocycles. The van der Waals surface area contributed by atoms with Crippen molar-refractivity contribution >= 4 is 5.97 Å². The van der Waals surface area contributed by atoms with E-state index in [0.717, 1.165) is 37.9 Å². The molecule has 0 radical (unpaired) electrons. The van der Waals surface area contributed by atoms with Crippen molar-refractivity contribution in [2.45, 2.75) is 31.4 Å². The molecule has 0 saturated carbocycles. The first kappa shape index (κ1) is 13.1. The fourth-order valence-electron chi connectivity index (χ4n) is 3.52. The second-order valence-corrected chi connectivity index (χ2v) is 5.55. The smallest absolute Gasteiger partial charge is 0.328 e. The molecule has 1 aromatic rings. The third kappa shape index (κ3) is 1.99. The number of benzene rings is 1. The standard InChI is InChI=1S/C16H18N2O2/c17-11-14-7-10-18-9-4-8-16(14,18)15(19)20-12-13-5-2-1-3-6-13/h1-3,5-6,14H,4,7-10,12H2/t14-,16+/m1/s1. The predicted molar refractivity (Wildman–Crippen MR) is 73.5 cm³/mol. The van der Waals surface area contributed by atoms with Gasteiger partial charge in [-0.3, -0.25) is 4.90 Å². The number of rotatable bonds is 3. The Morgan fingerprint density at radius 1 is 1.40 bits per heavy atom. The van der Waals surface area contributed by atoms with E-state index in [0.29, 0.717) is 0 Å². The van der Waals surface area contributed by atoms with Gasteiger partial charge in [0.15, 0.2) is 0 Å². The zero-order valence-electron chi connectivity index (χ0n) is 11.4. The maximum absolute atomic E-state index is 12.6. The van der Waals surface area contributed by atoms with Crippen LogP contribution in [0.2, 0.25) is 0 Å². The summed E-state index contributed by atoms with van der Waals surface area (Å²) in [6.45, 7) is 2.02. The van der Waals surface area contributed by atoms with Crippen LogP contribution in [0.3, 0.4) is 0 Å². The molecular formula is C16H18N2O2. The summed E-state index contributed by atoms with van der Waals surface area (Å²) in [6.07, 6.45) is 2.49. The van der Waals surface area contributed by atoms with Crippen molar-refractivity contribution in [2.75, 3.05) is 13.1 Å². The Hall–Kier alpha value is -1.86. The molecule has 0 N–H and O–H groups in total. The molecule has 1 aromatic carbocycles. The van der Waals surface area contributed by atoms with E-state index in [4.69, 9.17) is 4.74 Å². The molecule has 0 unspecified atom stereocenters. The van der Waals surface area contributed by atoms with Gasteiger partial charge >= 0.3 is 5.97 Å². The molecule has 2 heterocycles. The van der Waals surface area contributed by atoms with Gasteiger partial charge in [-0.15, -0.1) is 0 Å². The molecule has 0 amide bonds. The van der Waals surface area contributed by atoms with Crippen molar-refractivity contribution < 1.29 is 9.53 Å². The van der Waals surface area contributed by atoms with E-state index >= 15 is 0 Å². The zero-order valence-corrected chi connectivity index (χ0v) is 11.4. The van der Waals surface area contributed by atoms with Gasteiger partial charge in [-0.1, -0.05) is 30.3 Å². The molecule has 2 aliphatic rings. The number of carbonyl (C=O) groups is 1. The number of nitriles is 1. The lowest BCUT2D eigenvalue weighted by Gasteiger charge is -2.31. The van der Waals surface area contributed by atoms with Crippen LogP contribution in [0, 0.1) is 17.2 Å². The van der Waals surface area contributed by atoms with Gasteiger partial charge in [0.25, 0.3) is 0 Å². The molecule has 0 aliphatic carbocycles. The van der Waals surface area contributed by atoms with Crippen molar-refractivity contribution in [3.63, 3.8) is 0 Å². The summed E-state index contributed by atoms with van der Waals surface area (Å²) in [5.74, 6) is -0.448. The molecule has 3 rings (SSSR count). The van der Waals surface area contributed by atoms with Crippen LogP contribution in [0.1, 0.15) is 24.8 Å². The molecular weight excluding hydrogens is 252 g/mol. The quantitative estimate of drug-likeness (QED) is 0.789. The van der Waals surface area contributed by atoms with Crippen LogP contribution in [0.5, 0.6) is 0 Å². The summed E-state index contributed by atoms with van der Waals surface area (Å²) in [7, 11) is 0. The second kappa shape index (κ2) is 5.26. The third-order valence-electron chi connectivity index (χ3n) is 4.54. The summed E-state index contributed by atoms with van der Waals surface area (Å²) in [4.78, 5) is 14.7. The van der Waals surface area contributed by atoms with Crippen molar-refractivity contribution in [3.8, 4) is 6.07 Å². The number of fused-ring (bicyclic) bond motifs is 1. The van der Waals surface area contributed by atoms with E-state index in [2.05, 4.69) is 11.0 Å². The molecule has 2 fully saturated rings. The molecule has 2 atom stereocenters. The van der Waals surface area contributed by atoms with E-state index in [1.165, 1.54) is 0 Å². The minimum Gasteiger partial charge on any atom is -0.459 e. The first-order chi connectivity index (χ1) is 9.77. The number of carbonyl (C=O) groups excluding carboxylic acids is 1. The van der Waals surface area contributed by atoms with Gasteiger partial charge in [0, 0.05) is 6.54 Å². The number of hydrogen-bond acceptors (Lipinski definition) is 4. The van der Waals surface area contributed by atoms with E-state index < -0.39 is 5.54 Å². The van der Waals surface area contributed by atoms with Crippen LogP contribution in [-0.2, 0) is 16.1 Å². The second-order valence-electron chi connectivity index (χ2n) is 5.55. The Labute approximate surface area is 118 Å². The van der Waals surface area contributed by atoms with Crippen LogP contribution < -0.4 is 0 Å². The summed E-state index contributed by atoms with van der Waals surface area (Å²) in [5.41, 5.74) is 0.303. The van der Waals surface area contributed by atoms with Crippen LogP contribution in [0.4, 0.5) is 0 Å². The van der Waals surface area contributed by atoms with Crippen molar-refractivity contribution in [1.82, 2.24) is 4.90 Å². The Kier molecular flexibility index (Phi) is 3.45. The van der Waals surface area contributed by atoms with Gasteiger partial charge < -0.3 is 4.74 Å². The van der Waals surface area contributed by atoms with Crippen LogP contribution in [0.15, 0.2) is 30.3 Å². The minimum absolute atomic E-state index is 0.220. The monoisotopic (exact) mass is 270 g/mol. The van der Waals surface area contributed by atoms with Crippen LogP contribution >= 0.6 is 0 Å². The van der Waals surface area contributed by atoms with Crippen LogP contribution in [-0.4, -0.2) is 29.5 Å². The fourth-order valence-corrected chi connectivity index (χ4v) is 3.52. The lowest BCUT2D eigenvalue weighted by atomic mass is 9.84. The minimum atomic E-state index is -0.677. The maximum Gasteiger partial charge on any atom is 0.328 e. The number of nitrogens with zero attached hydrogens (tertiary/aromatic N) is 2. The molecule has 4 nitrogen and oxygen atoms in total. The molecule has 20 heavy (non-hydrogen) atoms. The molecule has 0 bridgehead atoms. The Balaban J connectivity index is 1.74. The summed E-state index contributed by atoms with van der Waals surface area (Å²) in [5, 5.41) is 9.33. The highest BCUT2D eigenvalue weighted by Crippen LogP contribution is 2.43. The van der Waals surface area contributed by atoms with Gasteiger partial charge in [0.05, 0.1) is 12.0 Å². The number of esters is 1. The normalized spacial score (nSPS) is 28.9. The lowest BCUT2D eigenvalue weighted by molar-refractivity contribution is -0.157. The van der Waals surface area contributed by atoms with Crippen molar-refractivity contribution in [2.24, 2.45) is 5.92 Å². The lowest BCUT2D eigenvalue weighted by Crippen LogP contribution is -2.50. The SMILES string of the molecule is N#C[C@H]1CCN2CCC[C@@]12C(=O)OCc1ccccc1. The van der Waals surface area contributed by atoms with Crippen LogP contribution in [0.25, 0.3) is 0 Å². The van der Waals surface area contributed by atoms with E-state index in [1.807, 2.05) is 30.3 Å². The van der Waals surface area contributed by atoms with Gasteiger partial charge in [-0.25, -0.2) is 4.79 Å². The maximum atomic E-state index is 12.6. The number of hydrogen-bond donors (Lipinski definition) is 0. The van der Waals surface area contributed by atoms with Crippen molar-refractivity contribution in [1.29, 1.82) is 5.26 Å². The van der Waals surface area contributed by atoms with E-state index in [1.54, 1.807) is 0 Å². The number of ether oxygens (including phenoxy) is 1. The third-order valence-corrected chi connectivity index (χ3v) is 4.54. The Morgan fingerprint density at radius 2 is 2.20 bits per heavy atom. The van der Waals surface area contributed by atoms with E-state index in [-0.39, 0.29) is 18.5 Å². The Morgan fingerprint density at radius 3 is 2.95 bits per heavy atom. The highest BCUT2D eigenvalue weighted by molar-refractivity contribution is 5.83. The average Bonchev–Trinajstić information content (AvgIpc) is 3.04. The van der Waals surface area contributed by atoms with Gasteiger partial charge in [0.1, 0.15) is 12.1 Å². The predicted octanol–water partition coefficient (Wildman–Crippen LogP) is 2.11. The van der Waals surface area contributed by atoms with Crippen molar-refractivity contribution in [3.05, 3.63) is 35.9 Å². The topological polar surface area (TPSA) is 53.3 Å². The first-order valence-electron chi connectivity index (χ1n) is 7.13. The molecule has 0 spiro atoms. The van der Waals surface area contributed by atoms with Gasteiger partial charge in [-0.05, 0) is 31.4 Å². The van der Waals surface area contributed by atoms with Gasteiger partial charge in [-0.2, -0.15) is 5.26 Å². The summed E-state index contributed by atoms with van der Waals surface area (Å²) >= 11 is 0. The highest BCUT2D eigenvalue weighted by atomic mass is 16.5. The highest BCUT2D eigenvalue weighted by Gasteiger charge is 2.58. The van der Waals surface area contributed by atoms with Gasteiger partial charge in [0.2, 0.25) is 0 Å². The summed E-state index contributed by atoms with van der Waals surface area (Å²) < 4.78 is 5.52. The molecule has 104 valence electrons. The van der Waals surface area contributed by atoms with E-state index in [9.17, 15) is 10.1 Å². The Bertz CT molecular complexity index is 537. The first-order valence-corrected chi connectivity index (χ1v) is 7.13. The molecule has 4 heteroatoms. The fraction of sp³-hybridized carbons (Fsp3) is 0.500. The average molecular weight is 270 g/mol. The zero-order chi connectivity index (χ0) is 14.0. The molecule has 0 aromatic heterocycles. The molecule has 2 aliphatic heterocycles. The largest absolute Gasteiger partial charge is 0.459 e.